The van der Waals surface area contributed by atoms with Crippen molar-refractivity contribution in [1.82, 2.24) is 4.72 Å². The van der Waals surface area contributed by atoms with Crippen LogP contribution in [0.5, 0.6) is 0 Å². The van der Waals surface area contributed by atoms with Crippen LogP contribution >= 0.6 is 11.6 Å². The number of nitrogens with two attached hydrogens (primary N) is 1. The Hall–Kier alpha value is -0.850. The highest BCUT2D eigenvalue weighted by atomic mass is 35.5. The number of hydrogen-bond donors (Lipinski definition) is 2. The summed E-state index contributed by atoms with van der Waals surface area (Å²) in [4.78, 5) is -0.212. The first-order valence-corrected chi connectivity index (χ1v) is 7.28. The maximum absolute atomic E-state index is 13.1. The molecule has 0 aliphatic carbocycles. The van der Waals surface area contributed by atoms with Crippen molar-refractivity contribution in [1.29, 1.82) is 0 Å². The molecular weight excluding hydrogens is 279 g/mol. The van der Waals surface area contributed by atoms with Crippen molar-refractivity contribution < 1.29 is 12.8 Å². The van der Waals surface area contributed by atoms with Gasteiger partial charge < -0.3 is 5.73 Å². The van der Waals surface area contributed by atoms with Crippen molar-refractivity contribution in [2.24, 2.45) is 5.92 Å². The van der Waals surface area contributed by atoms with Crippen LogP contribution in [0.1, 0.15) is 20.8 Å². The van der Waals surface area contributed by atoms with Crippen molar-refractivity contribution in [3.05, 3.63) is 23.0 Å². The minimum absolute atomic E-state index is 0.122. The summed E-state index contributed by atoms with van der Waals surface area (Å²) in [5.74, 6) is -0.618. The second-order valence-corrected chi connectivity index (χ2v) is 6.55. The Morgan fingerprint density at radius 2 is 1.89 bits per heavy atom. The largest absolute Gasteiger partial charge is 0.396 e. The molecule has 7 heteroatoms. The van der Waals surface area contributed by atoms with Gasteiger partial charge in [0.15, 0.2) is 0 Å². The van der Waals surface area contributed by atoms with Crippen LogP contribution in [-0.4, -0.2) is 14.5 Å². The molecule has 1 rings (SSSR count). The van der Waals surface area contributed by atoms with Crippen LogP contribution in [0.15, 0.2) is 17.0 Å². The van der Waals surface area contributed by atoms with Crippen LogP contribution in [0, 0.1) is 11.7 Å². The van der Waals surface area contributed by atoms with Gasteiger partial charge >= 0.3 is 0 Å². The lowest BCUT2D eigenvalue weighted by molar-refractivity contribution is 0.476. The fourth-order valence-corrected chi connectivity index (χ4v) is 3.14. The lowest BCUT2D eigenvalue weighted by atomic mass is 10.1. The minimum Gasteiger partial charge on any atom is -0.396 e. The Kier molecular flexibility index (Phi) is 4.58. The average molecular weight is 295 g/mol. The van der Waals surface area contributed by atoms with Gasteiger partial charge in [-0.2, -0.15) is 0 Å². The number of sulfonamides is 1. The van der Waals surface area contributed by atoms with Crippen LogP contribution < -0.4 is 10.5 Å². The van der Waals surface area contributed by atoms with Gasteiger partial charge in [0.05, 0.1) is 10.7 Å². The number of halogens is 2. The van der Waals surface area contributed by atoms with Crippen LogP contribution in [0.4, 0.5) is 10.1 Å². The van der Waals surface area contributed by atoms with E-state index in [9.17, 15) is 12.8 Å². The summed E-state index contributed by atoms with van der Waals surface area (Å²) in [5.41, 5.74) is 5.10. The number of hydrogen-bond acceptors (Lipinski definition) is 3. The van der Waals surface area contributed by atoms with Crippen molar-refractivity contribution in [3.8, 4) is 0 Å². The molecule has 1 aromatic carbocycles. The second-order valence-electron chi connectivity index (χ2n) is 4.46. The molecule has 1 atom stereocenters. The molecule has 0 saturated heterocycles. The van der Waals surface area contributed by atoms with Crippen molar-refractivity contribution in [3.63, 3.8) is 0 Å². The van der Waals surface area contributed by atoms with Gasteiger partial charge in [-0.15, -0.1) is 0 Å². The van der Waals surface area contributed by atoms with Crippen LogP contribution in [-0.2, 0) is 10.0 Å². The van der Waals surface area contributed by atoms with E-state index in [2.05, 4.69) is 4.72 Å². The third kappa shape index (κ3) is 3.34. The van der Waals surface area contributed by atoms with Gasteiger partial charge in [0.1, 0.15) is 10.7 Å². The summed E-state index contributed by atoms with van der Waals surface area (Å²) < 4.78 is 39.7. The molecule has 102 valence electrons. The van der Waals surface area contributed by atoms with E-state index >= 15 is 0 Å². The van der Waals surface area contributed by atoms with E-state index in [-0.39, 0.29) is 27.6 Å². The van der Waals surface area contributed by atoms with Gasteiger partial charge in [0.2, 0.25) is 10.0 Å². The molecule has 0 bridgehead atoms. The maximum Gasteiger partial charge on any atom is 0.242 e. The van der Waals surface area contributed by atoms with E-state index in [1.807, 2.05) is 13.8 Å². The summed E-state index contributed by atoms with van der Waals surface area (Å²) in [6, 6.07) is 1.65. The Balaban J connectivity index is 3.17. The molecule has 0 spiro atoms. The Morgan fingerprint density at radius 3 is 2.39 bits per heavy atom. The SMILES string of the molecule is CC(C)C(C)NS(=O)(=O)c1cc(N)c(F)cc1Cl. The number of anilines is 1. The molecule has 0 saturated carbocycles. The molecule has 18 heavy (non-hydrogen) atoms. The number of benzene rings is 1. The minimum atomic E-state index is -3.80. The summed E-state index contributed by atoms with van der Waals surface area (Å²) in [6.07, 6.45) is 0. The highest BCUT2D eigenvalue weighted by Gasteiger charge is 2.23. The number of rotatable bonds is 4. The van der Waals surface area contributed by atoms with Crippen molar-refractivity contribution >= 4 is 27.3 Å². The topological polar surface area (TPSA) is 72.2 Å². The standard InChI is InChI=1S/C11H16ClFN2O2S/c1-6(2)7(3)15-18(16,17)11-5-10(14)9(13)4-8(11)12/h4-7,15H,14H2,1-3H3. The van der Waals surface area contributed by atoms with Crippen LogP contribution in [0.25, 0.3) is 0 Å². The molecule has 1 unspecified atom stereocenters. The smallest absolute Gasteiger partial charge is 0.242 e. The third-order valence-electron chi connectivity index (χ3n) is 2.68. The number of nitrogens with one attached hydrogen (secondary N) is 1. The molecule has 0 fully saturated rings. The Morgan fingerprint density at radius 1 is 1.33 bits per heavy atom. The van der Waals surface area contributed by atoms with Gasteiger partial charge in [0, 0.05) is 6.04 Å². The Labute approximate surface area is 111 Å². The van der Waals surface area contributed by atoms with E-state index in [4.69, 9.17) is 17.3 Å². The summed E-state index contributed by atoms with van der Waals surface area (Å²) >= 11 is 5.73. The van der Waals surface area contributed by atoms with Gasteiger partial charge in [-0.25, -0.2) is 17.5 Å². The van der Waals surface area contributed by atoms with E-state index in [1.54, 1.807) is 6.92 Å². The molecule has 0 aliphatic rings. The predicted octanol–water partition coefficient (Wildman–Crippen LogP) is 2.38. The quantitative estimate of drug-likeness (QED) is 0.838. The predicted molar refractivity (Wildman–Crippen MR) is 70.4 cm³/mol. The van der Waals surface area contributed by atoms with Crippen molar-refractivity contribution in [2.45, 2.75) is 31.7 Å². The lowest BCUT2D eigenvalue weighted by Crippen LogP contribution is -2.36. The summed E-state index contributed by atoms with van der Waals surface area (Å²) in [7, 11) is -3.80. The molecule has 0 amide bonds. The molecule has 0 aliphatic heterocycles. The first-order chi connectivity index (χ1) is 8.15. The zero-order chi connectivity index (χ0) is 14.1. The molecule has 1 aromatic rings. The van der Waals surface area contributed by atoms with E-state index < -0.39 is 15.8 Å². The van der Waals surface area contributed by atoms with Crippen LogP contribution in [0.2, 0.25) is 5.02 Å². The average Bonchev–Trinajstić information content (AvgIpc) is 2.22. The van der Waals surface area contributed by atoms with Gasteiger partial charge in [-0.3, -0.25) is 0 Å². The summed E-state index contributed by atoms with van der Waals surface area (Å²) in [6.45, 7) is 5.50. The second kappa shape index (κ2) is 5.42. The van der Waals surface area contributed by atoms with Gasteiger partial charge in [0.25, 0.3) is 0 Å². The first-order valence-electron chi connectivity index (χ1n) is 5.42. The first kappa shape index (κ1) is 15.2. The zero-order valence-corrected chi connectivity index (χ0v) is 11.9. The molecular formula is C11H16ClFN2O2S. The van der Waals surface area contributed by atoms with Crippen LogP contribution in [0.3, 0.4) is 0 Å². The highest BCUT2D eigenvalue weighted by Crippen LogP contribution is 2.26. The number of nitrogen functional groups attached to an aromatic ring is 1. The molecule has 0 radical (unpaired) electrons. The molecule has 3 N–H and O–H groups in total. The lowest BCUT2D eigenvalue weighted by Gasteiger charge is -2.18. The monoisotopic (exact) mass is 294 g/mol. The zero-order valence-electron chi connectivity index (χ0n) is 10.4. The molecule has 0 aromatic heterocycles. The third-order valence-corrected chi connectivity index (χ3v) is 4.71. The van der Waals surface area contributed by atoms with Gasteiger partial charge in [-0.1, -0.05) is 25.4 Å². The highest BCUT2D eigenvalue weighted by molar-refractivity contribution is 7.89. The van der Waals surface area contributed by atoms with Crippen molar-refractivity contribution in [2.75, 3.05) is 5.73 Å². The fraction of sp³-hybridized carbons (Fsp3) is 0.455. The molecule has 4 nitrogen and oxygen atoms in total. The van der Waals surface area contributed by atoms with E-state index in [0.29, 0.717) is 0 Å². The fourth-order valence-electron chi connectivity index (χ4n) is 1.20. The maximum atomic E-state index is 13.1. The summed E-state index contributed by atoms with van der Waals surface area (Å²) in [5, 5.41) is -0.190. The normalized spacial score (nSPS) is 13.9. The van der Waals surface area contributed by atoms with E-state index in [1.165, 1.54) is 0 Å². The van der Waals surface area contributed by atoms with E-state index in [0.717, 1.165) is 12.1 Å². The van der Waals surface area contributed by atoms with Gasteiger partial charge in [-0.05, 0) is 25.0 Å². The Bertz CT molecular complexity index is 546. The molecule has 0 heterocycles.